The zero-order chi connectivity index (χ0) is 9.84. The summed E-state index contributed by atoms with van der Waals surface area (Å²) in [6.45, 7) is 3.30. The molecule has 0 aliphatic rings. The van der Waals surface area contributed by atoms with E-state index >= 15 is 0 Å². The number of pyridine rings is 1. The molecule has 0 saturated carbocycles. The van der Waals surface area contributed by atoms with Crippen molar-refractivity contribution < 1.29 is 14.6 Å². The van der Waals surface area contributed by atoms with E-state index in [0.717, 1.165) is 5.69 Å². The van der Waals surface area contributed by atoms with Gasteiger partial charge in [-0.3, -0.25) is 4.98 Å². The molecule has 0 aromatic carbocycles. The third-order valence-corrected chi connectivity index (χ3v) is 1.53. The Bertz CT molecular complexity index is 311. The van der Waals surface area contributed by atoms with E-state index in [9.17, 15) is 4.79 Å². The highest BCUT2D eigenvalue weighted by molar-refractivity contribution is 5.72. The number of hydrogen-bond donors (Lipinski definition) is 1. The minimum Gasteiger partial charge on any atom is -0.479 e. The predicted molar refractivity (Wildman–Crippen MR) is 46.7 cm³/mol. The van der Waals surface area contributed by atoms with Crippen molar-refractivity contribution in [3.8, 4) is 5.75 Å². The van der Waals surface area contributed by atoms with Crippen molar-refractivity contribution in [2.24, 2.45) is 0 Å². The molecule has 1 N–H and O–H groups in total. The molecule has 0 bridgehead atoms. The second kappa shape index (κ2) is 3.89. The van der Waals surface area contributed by atoms with Crippen LogP contribution in [0.25, 0.3) is 0 Å². The van der Waals surface area contributed by atoms with Crippen LogP contribution in [0.4, 0.5) is 0 Å². The molecule has 4 heteroatoms. The third kappa shape index (κ3) is 2.74. The van der Waals surface area contributed by atoms with Crippen LogP contribution >= 0.6 is 0 Å². The smallest absolute Gasteiger partial charge is 0.344 e. The molecule has 0 aliphatic carbocycles. The maximum absolute atomic E-state index is 10.4. The topological polar surface area (TPSA) is 59.4 Å². The lowest BCUT2D eigenvalue weighted by Crippen LogP contribution is -2.22. The van der Waals surface area contributed by atoms with Gasteiger partial charge in [-0.2, -0.15) is 0 Å². The lowest BCUT2D eigenvalue weighted by molar-refractivity contribution is -0.144. The maximum atomic E-state index is 10.4. The van der Waals surface area contributed by atoms with Crippen LogP contribution in [0, 0.1) is 6.92 Å². The van der Waals surface area contributed by atoms with Gasteiger partial charge in [-0.05, 0) is 19.9 Å². The van der Waals surface area contributed by atoms with Crippen molar-refractivity contribution >= 4 is 5.97 Å². The Morgan fingerprint density at radius 1 is 1.69 bits per heavy atom. The van der Waals surface area contributed by atoms with Gasteiger partial charge in [-0.1, -0.05) is 0 Å². The molecule has 70 valence electrons. The van der Waals surface area contributed by atoms with Gasteiger partial charge in [0.2, 0.25) is 0 Å². The molecule has 0 amide bonds. The van der Waals surface area contributed by atoms with Gasteiger partial charge in [0.15, 0.2) is 6.10 Å². The van der Waals surface area contributed by atoms with Crippen LogP contribution in [-0.4, -0.2) is 22.2 Å². The molecule has 1 unspecified atom stereocenters. The van der Waals surface area contributed by atoms with Gasteiger partial charge in [0.05, 0.1) is 0 Å². The van der Waals surface area contributed by atoms with Gasteiger partial charge in [0, 0.05) is 18.0 Å². The Morgan fingerprint density at radius 2 is 2.38 bits per heavy atom. The highest BCUT2D eigenvalue weighted by Gasteiger charge is 2.11. The summed E-state index contributed by atoms with van der Waals surface area (Å²) < 4.78 is 5.12. The Labute approximate surface area is 76.2 Å². The molecule has 0 aliphatic heterocycles. The van der Waals surface area contributed by atoms with Crippen LogP contribution in [0.2, 0.25) is 0 Å². The Morgan fingerprint density at radius 3 is 2.92 bits per heavy atom. The Balaban J connectivity index is 2.69. The molecule has 1 aromatic heterocycles. The molecular formula is C9H11NO3. The van der Waals surface area contributed by atoms with Crippen molar-refractivity contribution in [2.75, 3.05) is 0 Å². The number of aliphatic carboxylic acids is 1. The first-order chi connectivity index (χ1) is 6.09. The van der Waals surface area contributed by atoms with Gasteiger partial charge in [-0.15, -0.1) is 0 Å². The van der Waals surface area contributed by atoms with Crippen LogP contribution < -0.4 is 4.74 Å². The fraction of sp³-hybridized carbons (Fsp3) is 0.333. The Kier molecular flexibility index (Phi) is 2.84. The van der Waals surface area contributed by atoms with Gasteiger partial charge < -0.3 is 9.84 Å². The highest BCUT2D eigenvalue weighted by Crippen LogP contribution is 2.11. The molecule has 13 heavy (non-hydrogen) atoms. The van der Waals surface area contributed by atoms with E-state index < -0.39 is 12.1 Å². The molecule has 1 aromatic rings. The van der Waals surface area contributed by atoms with Gasteiger partial charge >= 0.3 is 5.97 Å². The number of nitrogens with zero attached hydrogens (tertiary/aromatic N) is 1. The molecule has 1 atom stereocenters. The molecular weight excluding hydrogens is 170 g/mol. The summed E-state index contributed by atoms with van der Waals surface area (Å²) in [6, 6.07) is 3.33. The normalized spacial score (nSPS) is 12.2. The summed E-state index contributed by atoms with van der Waals surface area (Å²) in [7, 11) is 0. The molecule has 0 fully saturated rings. The summed E-state index contributed by atoms with van der Waals surface area (Å²) in [6.07, 6.45) is 0.751. The first kappa shape index (κ1) is 9.51. The van der Waals surface area contributed by atoms with Gasteiger partial charge in [-0.25, -0.2) is 4.79 Å². The zero-order valence-corrected chi connectivity index (χ0v) is 7.52. The number of carboxylic acids is 1. The van der Waals surface area contributed by atoms with Crippen molar-refractivity contribution in [1.29, 1.82) is 0 Å². The van der Waals surface area contributed by atoms with E-state index in [4.69, 9.17) is 9.84 Å². The van der Waals surface area contributed by atoms with Crippen molar-refractivity contribution in [3.05, 3.63) is 24.0 Å². The number of aromatic nitrogens is 1. The van der Waals surface area contributed by atoms with Crippen molar-refractivity contribution in [2.45, 2.75) is 20.0 Å². The predicted octanol–water partition coefficient (Wildman–Crippen LogP) is 1.24. The molecule has 0 spiro atoms. The van der Waals surface area contributed by atoms with E-state index in [-0.39, 0.29) is 0 Å². The fourth-order valence-electron chi connectivity index (χ4n) is 0.847. The average Bonchev–Trinajstić information content (AvgIpc) is 2.04. The van der Waals surface area contributed by atoms with Crippen LogP contribution in [0.5, 0.6) is 5.75 Å². The quantitative estimate of drug-likeness (QED) is 0.762. The standard InChI is InChI=1S/C9H11NO3/c1-6-5-8(3-4-10-6)13-7(2)9(11)12/h3-5,7H,1-2H3,(H,11,12). The molecule has 4 nitrogen and oxygen atoms in total. The fourth-order valence-corrected chi connectivity index (χ4v) is 0.847. The first-order valence-corrected chi connectivity index (χ1v) is 3.91. The number of carboxylic acid groups (broad SMARTS) is 1. The summed E-state index contributed by atoms with van der Waals surface area (Å²) in [4.78, 5) is 14.4. The highest BCUT2D eigenvalue weighted by atomic mass is 16.5. The SMILES string of the molecule is Cc1cc(OC(C)C(=O)O)ccn1. The number of aryl methyl sites for hydroxylation is 1. The molecule has 1 rings (SSSR count). The minimum atomic E-state index is -0.977. The van der Waals surface area contributed by atoms with Crippen LogP contribution in [0.3, 0.4) is 0 Å². The number of carbonyl (C=O) groups is 1. The van der Waals surface area contributed by atoms with Crippen molar-refractivity contribution in [3.63, 3.8) is 0 Å². The van der Waals surface area contributed by atoms with Crippen LogP contribution in [0.1, 0.15) is 12.6 Å². The van der Waals surface area contributed by atoms with Crippen LogP contribution in [0.15, 0.2) is 18.3 Å². The largest absolute Gasteiger partial charge is 0.479 e. The number of hydrogen-bond acceptors (Lipinski definition) is 3. The van der Waals surface area contributed by atoms with Crippen molar-refractivity contribution in [1.82, 2.24) is 4.98 Å². The van der Waals surface area contributed by atoms with E-state index in [0.29, 0.717) is 5.75 Å². The first-order valence-electron chi connectivity index (χ1n) is 3.91. The molecule has 0 saturated heterocycles. The van der Waals surface area contributed by atoms with E-state index in [2.05, 4.69) is 4.98 Å². The summed E-state index contributed by atoms with van der Waals surface area (Å²) in [5.74, 6) is -0.447. The number of rotatable bonds is 3. The Hall–Kier alpha value is -1.58. The summed E-state index contributed by atoms with van der Waals surface area (Å²) in [5.41, 5.74) is 0.801. The average molecular weight is 181 g/mol. The van der Waals surface area contributed by atoms with E-state index in [1.54, 1.807) is 18.3 Å². The molecule has 0 radical (unpaired) electrons. The van der Waals surface area contributed by atoms with Gasteiger partial charge in [0.25, 0.3) is 0 Å². The van der Waals surface area contributed by atoms with E-state index in [1.165, 1.54) is 6.92 Å². The minimum absolute atomic E-state index is 0.530. The third-order valence-electron chi connectivity index (χ3n) is 1.53. The van der Waals surface area contributed by atoms with Crippen LogP contribution in [-0.2, 0) is 4.79 Å². The van der Waals surface area contributed by atoms with Gasteiger partial charge in [0.1, 0.15) is 5.75 Å². The monoisotopic (exact) mass is 181 g/mol. The summed E-state index contributed by atoms with van der Waals surface area (Å²) in [5, 5.41) is 8.57. The number of ether oxygens (including phenoxy) is 1. The summed E-state index contributed by atoms with van der Waals surface area (Å²) >= 11 is 0. The second-order valence-electron chi connectivity index (χ2n) is 2.73. The lowest BCUT2D eigenvalue weighted by atomic mass is 10.3. The zero-order valence-electron chi connectivity index (χ0n) is 7.52. The van der Waals surface area contributed by atoms with E-state index in [1.807, 2.05) is 6.92 Å². The second-order valence-corrected chi connectivity index (χ2v) is 2.73. The lowest BCUT2D eigenvalue weighted by Gasteiger charge is -2.09. The molecule has 1 heterocycles. The maximum Gasteiger partial charge on any atom is 0.344 e.